The van der Waals surface area contributed by atoms with Gasteiger partial charge in [0.05, 0.1) is 29.5 Å². The van der Waals surface area contributed by atoms with Crippen LogP contribution in [0.3, 0.4) is 0 Å². The van der Waals surface area contributed by atoms with Crippen molar-refractivity contribution < 1.29 is 17.9 Å². The number of hydrogen-bond donors (Lipinski definition) is 2. The Balaban J connectivity index is 1.47. The number of benzene rings is 1. The Morgan fingerprint density at radius 2 is 2.05 bits per heavy atom. The molecule has 38 heavy (non-hydrogen) atoms. The Morgan fingerprint density at radius 1 is 1.24 bits per heavy atom. The molecule has 3 aromatic heterocycles. The normalized spacial score (nSPS) is 21.9. The lowest BCUT2D eigenvalue weighted by Gasteiger charge is -2.37. The predicted octanol–water partition coefficient (Wildman–Crippen LogP) is 5.12. The van der Waals surface area contributed by atoms with Crippen molar-refractivity contribution >= 4 is 39.5 Å². The van der Waals surface area contributed by atoms with Crippen LogP contribution in [-0.4, -0.2) is 29.9 Å². The third-order valence-corrected chi connectivity index (χ3v) is 7.00. The monoisotopic (exact) mass is 536 g/mol. The van der Waals surface area contributed by atoms with Gasteiger partial charge in [-0.15, -0.1) is 0 Å². The number of anilines is 2. The number of halogens is 2. The highest BCUT2D eigenvalue weighted by Crippen LogP contribution is 2.46. The van der Waals surface area contributed by atoms with E-state index >= 15 is 4.39 Å². The number of thioether (sulfide) groups is 1. The van der Waals surface area contributed by atoms with Crippen molar-refractivity contribution in [1.29, 1.82) is 5.26 Å². The van der Waals surface area contributed by atoms with Gasteiger partial charge in [0.1, 0.15) is 16.5 Å². The second-order valence-electron chi connectivity index (χ2n) is 9.16. The Labute approximate surface area is 220 Å². The number of nitriles is 1. The van der Waals surface area contributed by atoms with E-state index in [1.165, 1.54) is 30.9 Å². The topological polar surface area (TPSA) is 148 Å². The van der Waals surface area contributed by atoms with E-state index in [-0.39, 0.29) is 34.5 Å². The number of hydrogen-bond acceptors (Lipinski definition) is 11. The van der Waals surface area contributed by atoms with Crippen molar-refractivity contribution in [2.45, 2.75) is 43.6 Å². The maximum atomic E-state index is 15.1. The van der Waals surface area contributed by atoms with E-state index in [9.17, 15) is 9.65 Å². The van der Waals surface area contributed by atoms with Gasteiger partial charge in [0.2, 0.25) is 11.8 Å². The predicted molar refractivity (Wildman–Crippen MR) is 138 cm³/mol. The summed E-state index contributed by atoms with van der Waals surface area (Å²) in [7, 11) is 0. The molecule has 0 unspecified atom stereocenters. The first-order valence-electron chi connectivity index (χ1n) is 11.5. The summed E-state index contributed by atoms with van der Waals surface area (Å²) in [5.41, 5.74) is 5.72. The molecule has 194 valence electrons. The first-order valence-corrected chi connectivity index (χ1v) is 12.3. The molecule has 0 aliphatic carbocycles. The van der Waals surface area contributed by atoms with Gasteiger partial charge in [-0.25, -0.2) is 28.7 Å². The quantitative estimate of drug-likeness (QED) is 0.340. The molecule has 0 spiro atoms. The number of rotatable bonds is 6. The van der Waals surface area contributed by atoms with E-state index in [4.69, 9.17) is 14.9 Å². The van der Waals surface area contributed by atoms with E-state index in [1.807, 2.05) is 0 Å². The Hall–Kier alpha value is -4.31. The summed E-state index contributed by atoms with van der Waals surface area (Å²) < 4.78 is 39.9. The van der Waals surface area contributed by atoms with Gasteiger partial charge in [0, 0.05) is 29.9 Å². The fraction of sp³-hybridized carbons (Fsp3) is 0.280. The first-order chi connectivity index (χ1) is 18.1. The molecule has 3 atom stereocenters. The summed E-state index contributed by atoms with van der Waals surface area (Å²) >= 11 is 1.10. The van der Waals surface area contributed by atoms with Gasteiger partial charge in [0.25, 0.3) is 0 Å². The maximum absolute atomic E-state index is 15.1. The molecule has 0 saturated carbocycles. The van der Waals surface area contributed by atoms with Crippen LogP contribution in [-0.2, 0) is 5.54 Å². The smallest absolute Gasteiger partial charge is 0.235 e. The Bertz CT molecular complexity index is 1590. The summed E-state index contributed by atoms with van der Waals surface area (Å²) in [4.78, 5) is 21.6. The highest BCUT2D eigenvalue weighted by atomic mass is 32.2. The van der Waals surface area contributed by atoms with E-state index in [2.05, 4.69) is 36.3 Å². The lowest BCUT2D eigenvalue weighted by Crippen LogP contribution is -2.39. The van der Waals surface area contributed by atoms with Crippen molar-refractivity contribution in [3.8, 4) is 11.9 Å². The number of aromatic nitrogens is 4. The van der Waals surface area contributed by atoms with Gasteiger partial charge >= 0.3 is 0 Å². The largest absolute Gasteiger partial charge is 0.464 e. The van der Waals surface area contributed by atoms with Crippen LogP contribution in [0, 0.1) is 23.0 Å². The molecular formula is C25H22F2N8O2S. The van der Waals surface area contributed by atoms with Crippen molar-refractivity contribution in [2.24, 2.45) is 10.7 Å². The highest BCUT2D eigenvalue weighted by Gasteiger charge is 2.44. The Kier molecular flexibility index (Phi) is 6.36. The number of nitrogens with zero attached hydrogens (tertiary/aromatic N) is 6. The van der Waals surface area contributed by atoms with E-state index in [0.717, 1.165) is 17.8 Å². The van der Waals surface area contributed by atoms with Crippen molar-refractivity contribution in [3.63, 3.8) is 0 Å². The Morgan fingerprint density at radius 3 is 2.79 bits per heavy atom. The van der Waals surface area contributed by atoms with Crippen LogP contribution in [0.4, 0.5) is 20.3 Å². The van der Waals surface area contributed by atoms with E-state index in [1.54, 1.807) is 26.8 Å². The number of nitrogens with two attached hydrogens (primary N) is 1. The molecule has 1 aliphatic rings. The summed E-state index contributed by atoms with van der Waals surface area (Å²) in [5, 5.41) is 12.8. The van der Waals surface area contributed by atoms with Crippen LogP contribution in [0.2, 0.25) is 0 Å². The third kappa shape index (κ3) is 4.82. The number of amidine groups is 1. The number of pyridine rings is 1. The first kappa shape index (κ1) is 25.3. The molecule has 0 bridgehead atoms. The number of oxazole rings is 1. The summed E-state index contributed by atoms with van der Waals surface area (Å²) in [6.45, 7) is 5.08. The molecule has 5 rings (SSSR count). The number of aliphatic imine (C=N–C) groups is 1. The fourth-order valence-corrected chi connectivity index (χ4v) is 5.49. The lowest BCUT2D eigenvalue weighted by atomic mass is 9.83. The SMILES string of the molecule is C[C@H](Oc1cnc2c(Nc3cc(F)c(F)c([C@]4(C)C[C@](C)(C#N)SC(N)=N4)c3)nccc2n1)c1ncco1. The van der Waals surface area contributed by atoms with Gasteiger partial charge in [-0.2, -0.15) is 5.26 Å². The molecule has 13 heteroatoms. The van der Waals surface area contributed by atoms with Gasteiger partial charge in [0.15, 0.2) is 28.7 Å². The fourth-order valence-electron chi connectivity index (χ4n) is 4.38. The number of ether oxygens (including phenoxy) is 1. The average molecular weight is 537 g/mol. The van der Waals surface area contributed by atoms with Crippen LogP contribution in [0.5, 0.6) is 5.88 Å². The standard InChI is InChI=1S/C25H22F2N8O2S/c1-13(22-31-6-7-36-22)37-18-10-32-20-17(34-18)4-5-30-21(20)33-14-8-15(19(27)16(26)9-14)25(3)11-24(2,12-28)38-23(29)35-25/h4-10,13H,11H2,1-3H3,(H2,29,35)(H,30,33)/t13-,24+,25-/m0/s1. The average Bonchev–Trinajstić information content (AvgIpc) is 3.41. The molecule has 4 aromatic rings. The molecule has 10 nitrogen and oxygen atoms in total. The van der Waals surface area contributed by atoms with Gasteiger partial charge in [-0.3, -0.25) is 4.99 Å². The van der Waals surface area contributed by atoms with Crippen LogP contribution in [0.25, 0.3) is 11.0 Å². The molecule has 0 saturated heterocycles. The number of fused-ring (bicyclic) bond motifs is 1. The zero-order valence-corrected chi connectivity index (χ0v) is 21.4. The molecule has 3 N–H and O–H groups in total. The molecular weight excluding hydrogens is 514 g/mol. The van der Waals surface area contributed by atoms with Crippen molar-refractivity contribution in [2.75, 3.05) is 5.32 Å². The van der Waals surface area contributed by atoms with E-state index in [0.29, 0.717) is 16.9 Å². The van der Waals surface area contributed by atoms with E-state index < -0.39 is 28.0 Å². The zero-order valence-electron chi connectivity index (χ0n) is 20.6. The minimum atomic E-state index is -1.26. The minimum Gasteiger partial charge on any atom is -0.464 e. The molecule has 1 aliphatic heterocycles. The van der Waals surface area contributed by atoms with Crippen LogP contribution in [0.15, 0.2) is 52.5 Å². The second kappa shape index (κ2) is 9.53. The van der Waals surface area contributed by atoms with Gasteiger partial charge in [-0.1, -0.05) is 11.8 Å². The number of nitrogens with one attached hydrogen (secondary N) is 1. The van der Waals surface area contributed by atoms with Crippen LogP contribution < -0.4 is 15.8 Å². The lowest BCUT2D eigenvalue weighted by molar-refractivity contribution is 0.181. The summed E-state index contributed by atoms with van der Waals surface area (Å²) in [5.74, 6) is -1.23. The summed E-state index contributed by atoms with van der Waals surface area (Å²) in [6, 6.07) is 6.29. The molecule has 0 amide bonds. The van der Waals surface area contributed by atoms with Gasteiger partial charge in [-0.05, 0) is 32.9 Å². The third-order valence-electron chi connectivity index (χ3n) is 6.01. The molecule has 0 radical (unpaired) electrons. The van der Waals surface area contributed by atoms with Crippen LogP contribution in [0.1, 0.15) is 44.8 Å². The minimum absolute atomic E-state index is 0.0349. The maximum Gasteiger partial charge on any atom is 0.235 e. The molecule has 0 fully saturated rings. The van der Waals surface area contributed by atoms with Crippen molar-refractivity contribution in [1.82, 2.24) is 19.9 Å². The van der Waals surface area contributed by atoms with Gasteiger partial charge < -0.3 is 20.2 Å². The molecule has 1 aromatic carbocycles. The highest BCUT2D eigenvalue weighted by molar-refractivity contribution is 8.15. The second-order valence-corrected chi connectivity index (χ2v) is 10.7. The molecule has 4 heterocycles. The van der Waals surface area contributed by atoms with Crippen molar-refractivity contribution in [3.05, 3.63) is 66.1 Å². The van der Waals surface area contributed by atoms with Crippen LogP contribution >= 0.6 is 11.8 Å². The summed E-state index contributed by atoms with van der Waals surface area (Å²) in [6.07, 6.45) is 5.54. The zero-order chi connectivity index (χ0) is 27.1.